The molecule has 1 aromatic rings. The second-order valence-electron chi connectivity index (χ2n) is 5.62. The van der Waals surface area contributed by atoms with Gasteiger partial charge < -0.3 is 15.1 Å². The molecule has 0 bridgehead atoms. The van der Waals surface area contributed by atoms with E-state index in [4.69, 9.17) is 11.6 Å². The van der Waals surface area contributed by atoms with E-state index in [1.54, 1.807) is 6.20 Å². The molecule has 1 aliphatic rings. The summed E-state index contributed by atoms with van der Waals surface area (Å²) in [6.45, 7) is 9.42. The molecule has 1 aromatic heterocycles. The molecule has 0 aromatic carbocycles. The Morgan fingerprint density at radius 2 is 2.25 bits per heavy atom. The average Bonchev–Trinajstić information content (AvgIpc) is 2.41. The Bertz CT molecular complexity index is 438. The molecule has 112 valence electrons. The maximum absolute atomic E-state index is 6.24. The van der Waals surface area contributed by atoms with Crippen molar-refractivity contribution in [2.45, 2.75) is 32.9 Å². The van der Waals surface area contributed by atoms with Gasteiger partial charge in [0.15, 0.2) is 0 Å². The van der Waals surface area contributed by atoms with Crippen molar-refractivity contribution in [3.05, 3.63) is 22.8 Å². The number of piperazine rings is 1. The van der Waals surface area contributed by atoms with Crippen molar-refractivity contribution < 1.29 is 0 Å². The predicted molar refractivity (Wildman–Crippen MR) is 85.5 cm³/mol. The molecule has 1 aliphatic heterocycles. The highest BCUT2D eigenvalue weighted by Crippen LogP contribution is 2.23. The van der Waals surface area contributed by atoms with Crippen LogP contribution in [-0.4, -0.2) is 49.2 Å². The van der Waals surface area contributed by atoms with Crippen molar-refractivity contribution in [3.8, 4) is 0 Å². The fourth-order valence-electron chi connectivity index (χ4n) is 2.64. The van der Waals surface area contributed by atoms with E-state index >= 15 is 0 Å². The summed E-state index contributed by atoms with van der Waals surface area (Å²) in [4.78, 5) is 9.25. The first-order chi connectivity index (χ1) is 9.61. The van der Waals surface area contributed by atoms with Crippen molar-refractivity contribution in [1.82, 2.24) is 15.2 Å². The van der Waals surface area contributed by atoms with Gasteiger partial charge in [0.05, 0.1) is 5.02 Å². The van der Waals surface area contributed by atoms with E-state index in [0.717, 1.165) is 55.5 Å². The maximum Gasteiger partial charge on any atom is 0.129 e. The fourth-order valence-corrected chi connectivity index (χ4v) is 2.81. The lowest BCUT2D eigenvalue weighted by molar-refractivity contribution is 0.274. The molecular weight excluding hydrogens is 272 g/mol. The highest BCUT2D eigenvalue weighted by molar-refractivity contribution is 6.31. The predicted octanol–water partition coefficient (Wildman–Crippen LogP) is 2.37. The van der Waals surface area contributed by atoms with Gasteiger partial charge in [-0.05, 0) is 38.6 Å². The molecule has 0 saturated carbocycles. The van der Waals surface area contributed by atoms with Gasteiger partial charge in [-0.3, -0.25) is 0 Å². The van der Waals surface area contributed by atoms with E-state index < -0.39 is 0 Å². The zero-order valence-electron chi connectivity index (χ0n) is 12.7. The minimum absolute atomic E-state index is 0.485. The highest BCUT2D eigenvalue weighted by atomic mass is 35.5. The standard InChI is InChI=1S/C15H25ClN4/c1-4-5-17-9-13-8-15(18-10-14(13)16)20-7-6-19(3)11-12(20)2/h8,10,12,17H,4-7,9,11H2,1-3H3. The maximum atomic E-state index is 6.24. The molecule has 1 unspecified atom stereocenters. The van der Waals surface area contributed by atoms with Gasteiger partial charge in [0.1, 0.15) is 5.82 Å². The summed E-state index contributed by atoms with van der Waals surface area (Å²) in [5.74, 6) is 1.04. The van der Waals surface area contributed by atoms with Crippen LogP contribution in [0.2, 0.25) is 5.02 Å². The summed E-state index contributed by atoms with van der Waals surface area (Å²) in [5.41, 5.74) is 1.14. The highest BCUT2D eigenvalue weighted by Gasteiger charge is 2.22. The summed E-state index contributed by atoms with van der Waals surface area (Å²) in [6.07, 6.45) is 2.91. The van der Waals surface area contributed by atoms with Crippen molar-refractivity contribution in [1.29, 1.82) is 0 Å². The first-order valence-electron chi connectivity index (χ1n) is 7.42. The largest absolute Gasteiger partial charge is 0.351 e. The number of likely N-dealkylation sites (N-methyl/N-ethyl adjacent to an activating group) is 1. The smallest absolute Gasteiger partial charge is 0.129 e. The number of nitrogens with zero attached hydrogens (tertiary/aromatic N) is 3. The topological polar surface area (TPSA) is 31.4 Å². The number of pyridine rings is 1. The normalized spacial score (nSPS) is 20.4. The van der Waals surface area contributed by atoms with Gasteiger partial charge in [0.2, 0.25) is 0 Å². The molecular formula is C15H25ClN4. The Balaban J connectivity index is 2.10. The van der Waals surface area contributed by atoms with E-state index in [9.17, 15) is 0 Å². The monoisotopic (exact) mass is 296 g/mol. The number of hydrogen-bond acceptors (Lipinski definition) is 4. The van der Waals surface area contributed by atoms with Crippen molar-refractivity contribution >= 4 is 17.4 Å². The third-order valence-electron chi connectivity index (χ3n) is 3.79. The van der Waals surface area contributed by atoms with Crippen LogP contribution in [0.3, 0.4) is 0 Å². The second-order valence-corrected chi connectivity index (χ2v) is 6.02. The van der Waals surface area contributed by atoms with Gasteiger partial charge in [-0.2, -0.15) is 0 Å². The molecule has 1 N–H and O–H groups in total. The summed E-state index contributed by atoms with van der Waals surface area (Å²) in [6, 6.07) is 2.62. The van der Waals surface area contributed by atoms with Crippen LogP contribution in [0.4, 0.5) is 5.82 Å². The summed E-state index contributed by atoms with van der Waals surface area (Å²) in [7, 11) is 2.17. The second kappa shape index (κ2) is 7.25. The molecule has 1 fully saturated rings. The van der Waals surface area contributed by atoms with Gasteiger partial charge >= 0.3 is 0 Å². The van der Waals surface area contributed by atoms with Crippen LogP contribution in [0.15, 0.2) is 12.3 Å². The van der Waals surface area contributed by atoms with E-state index in [1.165, 1.54) is 0 Å². The zero-order valence-corrected chi connectivity index (χ0v) is 13.5. The van der Waals surface area contributed by atoms with Crippen molar-refractivity contribution in [2.24, 2.45) is 0 Å². The lowest BCUT2D eigenvalue weighted by Gasteiger charge is -2.39. The van der Waals surface area contributed by atoms with Crippen LogP contribution in [0.1, 0.15) is 25.8 Å². The van der Waals surface area contributed by atoms with Crippen LogP contribution in [0.25, 0.3) is 0 Å². The van der Waals surface area contributed by atoms with Crippen LogP contribution in [0.5, 0.6) is 0 Å². The Kier molecular flexibility index (Phi) is 5.64. The molecule has 4 nitrogen and oxygen atoms in total. The number of anilines is 1. The van der Waals surface area contributed by atoms with E-state index in [0.29, 0.717) is 6.04 Å². The summed E-state index contributed by atoms with van der Waals surface area (Å²) < 4.78 is 0. The van der Waals surface area contributed by atoms with Crippen LogP contribution >= 0.6 is 11.6 Å². The first-order valence-corrected chi connectivity index (χ1v) is 7.80. The number of hydrogen-bond donors (Lipinski definition) is 1. The van der Waals surface area contributed by atoms with E-state index in [-0.39, 0.29) is 0 Å². The SMILES string of the molecule is CCCNCc1cc(N2CCN(C)CC2C)ncc1Cl. The van der Waals surface area contributed by atoms with Crippen LogP contribution < -0.4 is 10.2 Å². The molecule has 5 heteroatoms. The molecule has 2 heterocycles. The van der Waals surface area contributed by atoms with E-state index in [2.05, 4.69) is 47.1 Å². The van der Waals surface area contributed by atoms with Gasteiger partial charge in [0.25, 0.3) is 0 Å². The van der Waals surface area contributed by atoms with Crippen molar-refractivity contribution in [3.63, 3.8) is 0 Å². The molecule has 0 aliphatic carbocycles. The molecule has 0 spiro atoms. The third kappa shape index (κ3) is 3.84. The zero-order chi connectivity index (χ0) is 14.5. The number of aromatic nitrogens is 1. The molecule has 2 rings (SSSR count). The number of halogens is 1. The third-order valence-corrected chi connectivity index (χ3v) is 4.13. The van der Waals surface area contributed by atoms with E-state index in [1.807, 2.05) is 0 Å². The molecule has 20 heavy (non-hydrogen) atoms. The molecule has 1 saturated heterocycles. The fraction of sp³-hybridized carbons (Fsp3) is 0.667. The molecule has 0 amide bonds. The quantitative estimate of drug-likeness (QED) is 0.846. The Morgan fingerprint density at radius 3 is 2.95 bits per heavy atom. The Hall–Kier alpha value is -0.840. The lowest BCUT2D eigenvalue weighted by atomic mass is 10.1. The molecule has 1 atom stereocenters. The summed E-state index contributed by atoms with van der Waals surface area (Å²) in [5, 5.41) is 4.15. The van der Waals surface area contributed by atoms with Crippen LogP contribution in [0, 0.1) is 0 Å². The van der Waals surface area contributed by atoms with Gasteiger partial charge in [-0.1, -0.05) is 18.5 Å². The van der Waals surface area contributed by atoms with Gasteiger partial charge in [-0.15, -0.1) is 0 Å². The van der Waals surface area contributed by atoms with Crippen LogP contribution in [-0.2, 0) is 6.54 Å². The minimum Gasteiger partial charge on any atom is -0.351 e. The first kappa shape index (κ1) is 15.5. The molecule has 0 radical (unpaired) electrons. The van der Waals surface area contributed by atoms with Gasteiger partial charge in [-0.25, -0.2) is 4.98 Å². The summed E-state index contributed by atoms with van der Waals surface area (Å²) >= 11 is 6.24. The van der Waals surface area contributed by atoms with Crippen molar-refractivity contribution in [2.75, 3.05) is 38.1 Å². The number of nitrogens with one attached hydrogen (secondary N) is 1. The Labute approximate surface area is 127 Å². The minimum atomic E-state index is 0.485. The Morgan fingerprint density at radius 1 is 1.45 bits per heavy atom. The lowest BCUT2D eigenvalue weighted by Crippen LogP contribution is -2.50. The number of rotatable bonds is 5. The average molecular weight is 297 g/mol. The van der Waals surface area contributed by atoms with Gasteiger partial charge in [0, 0.05) is 38.4 Å².